The van der Waals surface area contributed by atoms with Crippen molar-refractivity contribution < 1.29 is 4.74 Å². The highest BCUT2D eigenvalue weighted by atomic mass is 16.5. The Kier molecular flexibility index (Phi) is 4.11. The maximum atomic E-state index is 5.94. The minimum absolute atomic E-state index is 0.121. The molecule has 106 valence electrons. The summed E-state index contributed by atoms with van der Waals surface area (Å²) in [6, 6.07) is 4.59. The Bertz CT molecular complexity index is 433. The van der Waals surface area contributed by atoms with Gasteiger partial charge in [-0.25, -0.2) is 4.98 Å². The van der Waals surface area contributed by atoms with Crippen LogP contribution < -0.4 is 10.2 Å². The van der Waals surface area contributed by atoms with Crippen molar-refractivity contribution in [2.45, 2.75) is 45.4 Å². The first-order valence-corrected chi connectivity index (χ1v) is 6.97. The van der Waals surface area contributed by atoms with Crippen LogP contribution in [0, 0.1) is 0 Å². The molecule has 4 nitrogen and oxygen atoms in total. The van der Waals surface area contributed by atoms with E-state index in [4.69, 9.17) is 4.74 Å². The minimum atomic E-state index is -0.121. The van der Waals surface area contributed by atoms with Crippen LogP contribution in [0.2, 0.25) is 0 Å². The van der Waals surface area contributed by atoms with Gasteiger partial charge in [0.15, 0.2) is 0 Å². The predicted octanol–water partition coefficient (Wildman–Crippen LogP) is 2.37. The number of ether oxygens (including phenoxy) is 1. The number of aromatic nitrogens is 1. The van der Waals surface area contributed by atoms with Crippen molar-refractivity contribution in [1.82, 2.24) is 10.3 Å². The molecular formula is C15H25N3O. The molecule has 0 bridgehead atoms. The average molecular weight is 263 g/mol. The minimum Gasteiger partial charge on any atom is -0.369 e. The Morgan fingerprint density at radius 3 is 2.89 bits per heavy atom. The third-order valence-corrected chi connectivity index (χ3v) is 3.60. The Labute approximate surface area is 116 Å². The van der Waals surface area contributed by atoms with Crippen molar-refractivity contribution in [1.29, 1.82) is 0 Å². The standard InChI is InChI=1S/C15H25N3O/c1-11-9-18(10-15(3,4)19-11)14-8-13(6-7-17-14)12(2)16-5/h6-8,11-12,16H,9-10H2,1-5H3. The lowest BCUT2D eigenvalue weighted by Crippen LogP contribution is -2.52. The van der Waals surface area contributed by atoms with Crippen molar-refractivity contribution in [2.75, 3.05) is 25.0 Å². The van der Waals surface area contributed by atoms with Gasteiger partial charge in [0.1, 0.15) is 5.82 Å². The van der Waals surface area contributed by atoms with E-state index in [2.05, 4.69) is 55.0 Å². The van der Waals surface area contributed by atoms with Crippen LogP contribution in [0.5, 0.6) is 0 Å². The van der Waals surface area contributed by atoms with E-state index in [0.717, 1.165) is 18.9 Å². The summed E-state index contributed by atoms with van der Waals surface area (Å²) in [6.45, 7) is 10.3. The number of hydrogen-bond acceptors (Lipinski definition) is 4. The van der Waals surface area contributed by atoms with Gasteiger partial charge in [-0.15, -0.1) is 0 Å². The molecule has 1 N–H and O–H groups in total. The molecule has 1 aliphatic heterocycles. The molecule has 1 aromatic rings. The zero-order valence-electron chi connectivity index (χ0n) is 12.6. The van der Waals surface area contributed by atoms with Crippen LogP contribution in [0.25, 0.3) is 0 Å². The molecule has 0 saturated carbocycles. The van der Waals surface area contributed by atoms with Crippen LogP contribution in [0.1, 0.15) is 39.3 Å². The number of hydrogen-bond donors (Lipinski definition) is 1. The van der Waals surface area contributed by atoms with Gasteiger partial charge in [-0.3, -0.25) is 0 Å². The molecule has 4 heteroatoms. The third kappa shape index (κ3) is 3.45. The molecule has 0 radical (unpaired) electrons. The topological polar surface area (TPSA) is 37.4 Å². The van der Waals surface area contributed by atoms with E-state index < -0.39 is 0 Å². The number of nitrogens with one attached hydrogen (secondary N) is 1. The molecule has 19 heavy (non-hydrogen) atoms. The van der Waals surface area contributed by atoms with Crippen molar-refractivity contribution in [2.24, 2.45) is 0 Å². The monoisotopic (exact) mass is 263 g/mol. The SMILES string of the molecule is CNC(C)c1ccnc(N2CC(C)OC(C)(C)C2)c1. The average Bonchev–Trinajstić information content (AvgIpc) is 2.35. The van der Waals surface area contributed by atoms with E-state index in [0.29, 0.717) is 6.04 Å². The Morgan fingerprint density at radius 2 is 2.26 bits per heavy atom. The largest absolute Gasteiger partial charge is 0.369 e. The normalized spacial score (nSPS) is 24.3. The lowest BCUT2D eigenvalue weighted by atomic mass is 10.0. The summed E-state index contributed by atoms with van der Waals surface area (Å²) in [6.07, 6.45) is 2.13. The smallest absolute Gasteiger partial charge is 0.128 e. The summed E-state index contributed by atoms with van der Waals surface area (Å²) in [5.74, 6) is 1.04. The molecule has 1 aliphatic rings. The van der Waals surface area contributed by atoms with Crippen LogP contribution in [0.3, 0.4) is 0 Å². The Morgan fingerprint density at radius 1 is 1.53 bits per heavy atom. The molecule has 2 rings (SSSR count). The number of rotatable bonds is 3. The number of anilines is 1. The zero-order chi connectivity index (χ0) is 14.0. The molecule has 1 fully saturated rings. The van der Waals surface area contributed by atoms with E-state index in [9.17, 15) is 0 Å². The van der Waals surface area contributed by atoms with E-state index in [-0.39, 0.29) is 11.7 Å². The van der Waals surface area contributed by atoms with Crippen molar-refractivity contribution in [3.8, 4) is 0 Å². The number of nitrogens with zero attached hydrogens (tertiary/aromatic N) is 2. The second kappa shape index (κ2) is 5.47. The van der Waals surface area contributed by atoms with E-state index in [1.165, 1.54) is 5.56 Å². The Hall–Kier alpha value is -1.13. The highest BCUT2D eigenvalue weighted by Gasteiger charge is 2.31. The van der Waals surface area contributed by atoms with E-state index in [1.54, 1.807) is 0 Å². The quantitative estimate of drug-likeness (QED) is 0.908. The molecule has 2 unspecified atom stereocenters. The maximum Gasteiger partial charge on any atom is 0.128 e. The van der Waals surface area contributed by atoms with Gasteiger partial charge in [-0.2, -0.15) is 0 Å². The summed E-state index contributed by atoms with van der Waals surface area (Å²) in [4.78, 5) is 6.84. The number of morpholine rings is 1. The fourth-order valence-electron chi connectivity index (χ4n) is 2.67. The van der Waals surface area contributed by atoms with Crippen LogP contribution in [-0.4, -0.2) is 36.8 Å². The van der Waals surface area contributed by atoms with Gasteiger partial charge in [0.25, 0.3) is 0 Å². The first-order valence-electron chi connectivity index (χ1n) is 6.97. The molecule has 2 heterocycles. The van der Waals surface area contributed by atoms with Gasteiger partial charge in [-0.1, -0.05) is 0 Å². The van der Waals surface area contributed by atoms with Gasteiger partial charge in [0.2, 0.25) is 0 Å². The van der Waals surface area contributed by atoms with Gasteiger partial charge >= 0.3 is 0 Å². The van der Waals surface area contributed by atoms with Gasteiger partial charge < -0.3 is 15.0 Å². The fraction of sp³-hybridized carbons (Fsp3) is 0.667. The molecular weight excluding hydrogens is 238 g/mol. The summed E-state index contributed by atoms with van der Waals surface area (Å²) in [5, 5.41) is 3.27. The molecule has 1 aromatic heterocycles. The van der Waals surface area contributed by atoms with E-state index >= 15 is 0 Å². The van der Waals surface area contributed by atoms with Crippen molar-refractivity contribution in [3.63, 3.8) is 0 Å². The predicted molar refractivity (Wildman–Crippen MR) is 78.6 cm³/mol. The second-order valence-electron chi connectivity index (χ2n) is 6.03. The lowest BCUT2D eigenvalue weighted by molar-refractivity contribution is -0.0751. The van der Waals surface area contributed by atoms with Crippen molar-refractivity contribution >= 4 is 5.82 Å². The van der Waals surface area contributed by atoms with Gasteiger partial charge in [0.05, 0.1) is 11.7 Å². The third-order valence-electron chi connectivity index (χ3n) is 3.60. The van der Waals surface area contributed by atoms with E-state index in [1.807, 2.05) is 13.2 Å². The second-order valence-corrected chi connectivity index (χ2v) is 6.03. The van der Waals surface area contributed by atoms with Gasteiger partial charge in [-0.05, 0) is 52.4 Å². The first-order chi connectivity index (χ1) is 8.91. The lowest BCUT2D eigenvalue weighted by Gasteiger charge is -2.42. The van der Waals surface area contributed by atoms with Crippen molar-refractivity contribution in [3.05, 3.63) is 23.9 Å². The highest BCUT2D eigenvalue weighted by Crippen LogP contribution is 2.26. The molecule has 0 spiro atoms. The molecule has 1 saturated heterocycles. The molecule has 0 aliphatic carbocycles. The Balaban J connectivity index is 2.21. The number of pyridine rings is 1. The van der Waals surface area contributed by atoms with Crippen LogP contribution in [0.15, 0.2) is 18.3 Å². The molecule has 2 atom stereocenters. The summed E-state index contributed by atoms with van der Waals surface area (Å²) in [7, 11) is 1.98. The summed E-state index contributed by atoms with van der Waals surface area (Å²) in [5.41, 5.74) is 1.15. The van der Waals surface area contributed by atoms with Crippen LogP contribution in [0.4, 0.5) is 5.82 Å². The summed E-state index contributed by atoms with van der Waals surface area (Å²) >= 11 is 0. The molecule has 0 aromatic carbocycles. The highest BCUT2D eigenvalue weighted by molar-refractivity contribution is 5.43. The van der Waals surface area contributed by atoms with Crippen LogP contribution in [-0.2, 0) is 4.74 Å². The maximum absolute atomic E-state index is 5.94. The fourth-order valence-corrected chi connectivity index (χ4v) is 2.67. The first kappa shape index (κ1) is 14.3. The van der Waals surface area contributed by atoms with Crippen LogP contribution >= 0.6 is 0 Å². The molecule has 0 amide bonds. The summed E-state index contributed by atoms with van der Waals surface area (Å²) < 4.78 is 5.94. The van der Waals surface area contributed by atoms with Gasteiger partial charge in [0, 0.05) is 25.3 Å². The zero-order valence-corrected chi connectivity index (χ0v) is 12.6.